The molecular weight excluding hydrogens is 242 g/mol. The number of benzene rings is 1. The van der Waals surface area contributed by atoms with Crippen LogP contribution in [0.3, 0.4) is 0 Å². The van der Waals surface area contributed by atoms with Gasteiger partial charge >= 0.3 is 11.8 Å². The van der Waals surface area contributed by atoms with E-state index in [-0.39, 0.29) is 6.04 Å². The van der Waals surface area contributed by atoms with E-state index in [9.17, 15) is 9.59 Å². The van der Waals surface area contributed by atoms with Crippen molar-refractivity contribution in [1.29, 1.82) is 0 Å². The normalized spacial score (nSPS) is 17.8. The maximum atomic E-state index is 11.9. The first-order valence-electron chi connectivity index (χ1n) is 6.40. The fraction of sp³-hybridized carbons (Fsp3) is 0.429. The molecule has 0 bridgehead atoms. The molecule has 0 aliphatic carbocycles. The summed E-state index contributed by atoms with van der Waals surface area (Å²) in [6.45, 7) is 3.05. The highest BCUT2D eigenvalue weighted by molar-refractivity contribution is 6.40. The van der Waals surface area contributed by atoms with Crippen LogP contribution in [0.5, 0.6) is 0 Å². The summed E-state index contributed by atoms with van der Waals surface area (Å²) in [4.78, 5) is 26.5. The van der Waals surface area contributed by atoms with Gasteiger partial charge in [-0.25, -0.2) is 0 Å². The summed E-state index contributed by atoms with van der Waals surface area (Å²) < 4.78 is 0. The predicted octanol–water partition coefficient (Wildman–Crippen LogP) is 0.381. The molecule has 19 heavy (non-hydrogen) atoms. The Morgan fingerprint density at radius 3 is 2.37 bits per heavy atom. The average Bonchev–Trinajstić information content (AvgIpc) is 2.37. The Hall–Kier alpha value is -1.88. The van der Waals surface area contributed by atoms with Crippen LogP contribution in [0.15, 0.2) is 24.3 Å². The van der Waals surface area contributed by atoms with Gasteiger partial charge in [0.1, 0.15) is 0 Å². The molecule has 1 aromatic carbocycles. The van der Waals surface area contributed by atoms with Gasteiger partial charge in [0.2, 0.25) is 0 Å². The number of nitrogens with two attached hydrogens (primary N) is 1. The van der Waals surface area contributed by atoms with Crippen LogP contribution < -0.4 is 10.6 Å². The van der Waals surface area contributed by atoms with Crippen LogP contribution in [0.25, 0.3) is 0 Å². The third-order valence-electron chi connectivity index (χ3n) is 3.24. The summed E-state index contributed by atoms with van der Waals surface area (Å²) in [6, 6.07) is 7.75. The lowest BCUT2D eigenvalue weighted by Gasteiger charge is -2.31. The highest BCUT2D eigenvalue weighted by atomic mass is 16.2. The zero-order valence-electron chi connectivity index (χ0n) is 11.3. The number of carbonyl (C=O) groups excluding carboxylic acids is 2. The van der Waals surface area contributed by atoms with Gasteiger partial charge in [0.15, 0.2) is 0 Å². The number of carbonyl (C=O) groups is 2. The summed E-state index contributed by atoms with van der Waals surface area (Å²) in [5.41, 5.74) is 7.64. The molecule has 2 N–H and O–H groups in total. The second kappa shape index (κ2) is 5.40. The van der Waals surface area contributed by atoms with Crippen molar-refractivity contribution in [3.05, 3.63) is 29.8 Å². The lowest BCUT2D eigenvalue weighted by Crippen LogP contribution is -2.53. The minimum Gasteiger partial charge on any atom is -0.336 e. The van der Waals surface area contributed by atoms with Gasteiger partial charge < -0.3 is 15.5 Å². The van der Waals surface area contributed by atoms with E-state index in [4.69, 9.17) is 5.73 Å². The van der Waals surface area contributed by atoms with Crippen molar-refractivity contribution in [2.45, 2.75) is 19.4 Å². The molecule has 0 aromatic heterocycles. The summed E-state index contributed by atoms with van der Waals surface area (Å²) in [5.74, 6) is -0.917. The number of piperazine rings is 1. The van der Waals surface area contributed by atoms with E-state index in [0.29, 0.717) is 13.1 Å². The number of likely N-dealkylation sites (N-methyl/N-ethyl adjacent to an activating group) is 1. The van der Waals surface area contributed by atoms with Crippen molar-refractivity contribution >= 4 is 17.5 Å². The third-order valence-corrected chi connectivity index (χ3v) is 3.24. The van der Waals surface area contributed by atoms with Gasteiger partial charge in [0, 0.05) is 31.9 Å². The Morgan fingerprint density at radius 1 is 1.16 bits per heavy atom. The van der Waals surface area contributed by atoms with Gasteiger partial charge in [0.25, 0.3) is 0 Å². The summed E-state index contributed by atoms with van der Waals surface area (Å²) in [5, 5.41) is 0. The van der Waals surface area contributed by atoms with Gasteiger partial charge in [-0.15, -0.1) is 0 Å². The van der Waals surface area contributed by atoms with Crippen LogP contribution in [0.4, 0.5) is 5.69 Å². The van der Waals surface area contributed by atoms with E-state index in [1.165, 1.54) is 9.80 Å². The highest BCUT2D eigenvalue weighted by Crippen LogP contribution is 2.18. The predicted molar refractivity (Wildman–Crippen MR) is 73.8 cm³/mol. The van der Waals surface area contributed by atoms with Crippen LogP contribution in [-0.4, -0.2) is 42.9 Å². The molecule has 0 radical (unpaired) electrons. The van der Waals surface area contributed by atoms with E-state index < -0.39 is 11.8 Å². The monoisotopic (exact) mass is 261 g/mol. The van der Waals surface area contributed by atoms with E-state index in [1.807, 2.05) is 31.2 Å². The first kappa shape index (κ1) is 13.5. The van der Waals surface area contributed by atoms with E-state index in [2.05, 4.69) is 0 Å². The van der Waals surface area contributed by atoms with Crippen molar-refractivity contribution in [2.24, 2.45) is 5.73 Å². The minimum absolute atomic E-state index is 0.109. The summed E-state index contributed by atoms with van der Waals surface area (Å²) >= 11 is 0. The van der Waals surface area contributed by atoms with Gasteiger partial charge in [-0.3, -0.25) is 9.59 Å². The Kier molecular flexibility index (Phi) is 3.85. The lowest BCUT2D eigenvalue weighted by atomic mass is 10.1. The molecule has 1 unspecified atom stereocenters. The van der Waals surface area contributed by atoms with Crippen molar-refractivity contribution in [1.82, 2.24) is 4.90 Å². The van der Waals surface area contributed by atoms with Gasteiger partial charge in [0.05, 0.1) is 0 Å². The molecule has 0 spiro atoms. The molecule has 2 rings (SSSR count). The van der Waals surface area contributed by atoms with Crippen LogP contribution in [0.2, 0.25) is 0 Å². The highest BCUT2D eigenvalue weighted by Gasteiger charge is 2.30. The third kappa shape index (κ3) is 2.93. The standard InChI is InChI=1S/C14H19N3O2/c1-10(15)9-11-3-5-12(6-4-11)17-8-7-16(2)13(18)14(17)19/h3-6,10H,7-9,15H2,1-2H3. The molecule has 5 nitrogen and oxygen atoms in total. The van der Waals surface area contributed by atoms with Crippen LogP contribution >= 0.6 is 0 Å². The van der Waals surface area contributed by atoms with Crippen LogP contribution in [-0.2, 0) is 16.0 Å². The van der Waals surface area contributed by atoms with Crippen molar-refractivity contribution in [3.8, 4) is 0 Å². The van der Waals surface area contributed by atoms with Gasteiger partial charge in [-0.05, 0) is 31.0 Å². The molecule has 1 aliphatic heterocycles. The molecular formula is C14H19N3O2. The van der Waals surface area contributed by atoms with E-state index >= 15 is 0 Å². The van der Waals surface area contributed by atoms with Gasteiger partial charge in [-0.1, -0.05) is 12.1 Å². The Labute approximate surface area is 113 Å². The molecule has 1 aliphatic rings. The topological polar surface area (TPSA) is 66.6 Å². The zero-order chi connectivity index (χ0) is 14.0. The molecule has 1 heterocycles. The Bertz CT molecular complexity index is 482. The molecule has 1 atom stereocenters. The smallest absolute Gasteiger partial charge is 0.316 e. The first-order valence-corrected chi connectivity index (χ1v) is 6.40. The van der Waals surface area contributed by atoms with Crippen LogP contribution in [0, 0.1) is 0 Å². The Balaban J connectivity index is 2.14. The molecule has 1 fully saturated rings. The van der Waals surface area contributed by atoms with E-state index in [0.717, 1.165) is 17.7 Å². The number of amides is 2. The largest absolute Gasteiger partial charge is 0.336 e. The lowest BCUT2D eigenvalue weighted by molar-refractivity contribution is -0.145. The summed E-state index contributed by atoms with van der Waals surface area (Å²) in [7, 11) is 1.64. The quantitative estimate of drug-likeness (QED) is 0.800. The maximum Gasteiger partial charge on any atom is 0.316 e. The molecule has 102 valence electrons. The zero-order valence-corrected chi connectivity index (χ0v) is 11.3. The average molecular weight is 261 g/mol. The van der Waals surface area contributed by atoms with Crippen LogP contribution in [0.1, 0.15) is 12.5 Å². The fourth-order valence-electron chi connectivity index (χ4n) is 2.16. The fourth-order valence-corrected chi connectivity index (χ4v) is 2.16. The molecule has 2 amide bonds. The molecule has 1 aromatic rings. The Morgan fingerprint density at radius 2 is 1.79 bits per heavy atom. The molecule has 1 saturated heterocycles. The number of nitrogens with zero attached hydrogens (tertiary/aromatic N) is 2. The number of hydrogen-bond donors (Lipinski definition) is 1. The number of rotatable bonds is 3. The first-order chi connectivity index (χ1) is 8.99. The number of anilines is 1. The maximum absolute atomic E-state index is 11.9. The minimum atomic E-state index is -0.464. The van der Waals surface area contributed by atoms with Crippen molar-refractivity contribution in [3.63, 3.8) is 0 Å². The van der Waals surface area contributed by atoms with Gasteiger partial charge in [-0.2, -0.15) is 0 Å². The second-order valence-electron chi connectivity index (χ2n) is 5.03. The van der Waals surface area contributed by atoms with Crippen molar-refractivity contribution in [2.75, 3.05) is 25.0 Å². The molecule has 5 heteroatoms. The second-order valence-corrected chi connectivity index (χ2v) is 5.03. The SMILES string of the molecule is CC(N)Cc1ccc(N2CCN(C)C(=O)C2=O)cc1. The summed E-state index contributed by atoms with van der Waals surface area (Å²) in [6.07, 6.45) is 0.801. The van der Waals surface area contributed by atoms with Crippen molar-refractivity contribution < 1.29 is 9.59 Å². The molecule has 0 saturated carbocycles. The number of hydrogen-bond acceptors (Lipinski definition) is 3. The van der Waals surface area contributed by atoms with E-state index in [1.54, 1.807) is 7.05 Å².